The van der Waals surface area contributed by atoms with E-state index in [1.807, 2.05) is 41.8 Å². The third-order valence-corrected chi connectivity index (χ3v) is 4.91. The lowest BCUT2D eigenvalue weighted by Crippen LogP contribution is -1.86. The Balaban J connectivity index is 1.49. The van der Waals surface area contributed by atoms with Gasteiger partial charge in [-0.15, -0.1) is 11.3 Å². The van der Waals surface area contributed by atoms with Crippen LogP contribution in [0, 0.1) is 0 Å². The van der Waals surface area contributed by atoms with Crippen LogP contribution in [0.5, 0.6) is 0 Å². The van der Waals surface area contributed by atoms with Crippen molar-refractivity contribution in [2.24, 2.45) is 0 Å². The van der Waals surface area contributed by atoms with Crippen LogP contribution in [-0.2, 0) is 5.75 Å². The fourth-order valence-corrected chi connectivity index (χ4v) is 3.45. The van der Waals surface area contributed by atoms with Gasteiger partial charge in [0.1, 0.15) is 0 Å². The minimum atomic E-state index is 0.581. The molecule has 0 bridgehead atoms. The van der Waals surface area contributed by atoms with Crippen LogP contribution < -0.4 is 0 Å². The van der Waals surface area contributed by atoms with Crippen LogP contribution in [0.2, 0.25) is 0 Å². The van der Waals surface area contributed by atoms with Crippen molar-refractivity contribution in [3.05, 3.63) is 59.7 Å². The molecule has 4 aromatic rings. The summed E-state index contributed by atoms with van der Waals surface area (Å²) < 4.78 is 5.28. The summed E-state index contributed by atoms with van der Waals surface area (Å²) in [6.07, 6.45) is 0. The number of benzene rings is 1. The number of fused-ring (bicyclic) bond motifs is 1. The van der Waals surface area contributed by atoms with Gasteiger partial charge in [0, 0.05) is 5.39 Å². The maximum Gasteiger partial charge on any atom is 0.268 e. The molecule has 4 nitrogen and oxygen atoms in total. The summed E-state index contributed by atoms with van der Waals surface area (Å²) in [5.74, 6) is 1.90. The van der Waals surface area contributed by atoms with E-state index in [1.54, 1.807) is 23.1 Å². The van der Waals surface area contributed by atoms with Gasteiger partial charge in [0.15, 0.2) is 5.82 Å². The van der Waals surface area contributed by atoms with Crippen LogP contribution in [0.3, 0.4) is 0 Å². The highest BCUT2D eigenvalue weighted by molar-refractivity contribution is 7.98. The molecule has 6 heteroatoms. The lowest BCUT2D eigenvalue weighted by atomic mass is 10.2. The molecule has 0 amide bonds. The number of hydrogen-bond donors (Lipinski definition) is 0. The van der Waals surface area contributed by atoms with E-state index in [2.05, 4.69) is 27.3 Å². The quantitative estimate of drug-likeness (QED) is 0.512. The fraction of sp³-hybridized carbons (Fsp3) is 0.0625. The topological polar surface area (TPSA) is 51.8 Å². The number of para-hydroxylation sites is 1. The Labute approximate surface area is 135 Å². The molecule has 0 radical (unpaired) electrons. The zero-order chi connectivity index (χ0) is 14.8. The number of thioether (sulfide) groups is 1. The maximum atomic E-state index is 5.28. The Hall–Kier alpha value is -2.18. The van der Waals surface area contributed by atoms with Gasteiger partial charge < -0.3 is 4.52 Å². The van der Waals surface area contributed by atoms with E-state index in [4.69, 9.17) is 4.52 Å². The van der Waals surface area contributed by atoms with Crippen molar-refractivity contribution in [3.8, 4) is 10.8 Å². The molecule has 0 aliphatic heterocycles. The standard InChI is InChI=1S/C16H11N3OS2/c1-2-5-12-11(4-1)7-8-15(17-12)22-10-14-18-16(20-19-14)13-6-3-9-21-13/h1-9H,10H2. The second kappa shape index (κ2) is 5.90. The van der Waals surface area contributed by atoms with Gasteiger partial charge in [0.25, 0.3) is 5.89 Å². The van der Waals surface area contributed by atoms with E-state index >= 15 is 0 Å². The molecule has 0 unspecified atom stereocenters. The summed E-state index contributed by atoms with van der Waals surface area (Å²) in [6, 6.07) is 16.1. The van der Waals surface area contributed by atoms with Crippen molar-refractivity contribution in [1.29, 1.82) is 0 Å². The predicted molar refractivity (Wildman–Crippen MR) is 88.9 cm³/mol. The second-order valence-corrected chi connectivity index (χ2v) is 6.57. The Bertz CT molecular complexity index is 903. The summed E-state index contributed by atoms with van der Waals surface area (Å²) in [5.41, 5.74) is 1.000. The molecule has 0 saturated heterocycles. The normalized spacial score (nSPS) is 11.1. The molecule has 0 fully saturated rings. The van der Waals surface area contributed by atoms with E-state index in [0.717, 1.165) is 20.8 Å². The summed E-state index contributed by atoms with van der Waals surface area (Å²) in [4.78, 5) is 10.0. The zero-order valence-electron chi connectivity index (χ0n) is 11.5. The van der Waals surface area contributed by atoms with Gasteiger partial charge in [-0.3, -0.25) is 0 Å². The minimum absolute atomic E-state index is 0.581. The first kappa shape index (κ1) is 13.5. The third kappa shape index (κ3) is 2.75. The summed E-state index contributed by atoms with van der Waals surface area (Å²) in [5, 5.41) is 8.12. The molecule has 0 aliphatic rings. The largest absolute Gasteiger partial charge is 0.333 e. The van der Waals surface area contributed by atoms with Crippen molar-refractivity contribution in [3.63, 3.8) is 0 Å². The van der Waals surface area contributed by atoms with Crippen LogP contribution in [-0.4, -0.2) is 15.1 Å². The molecule has 1 aromatic carbocycles. The number of thiophene rings is 1. The molecule has 0 aliphatic carbocycles. The average Bonchev–Trinajstić information content (AvgIpc) is 3.24. The molecule has 22 heavy (non-hydrogen) atoms. The zero-order valence-corrected chi connectivity index (χ0v) is 13.1. The molecule has 0 spiro atoms. The van der Waals surface area contributed by atoms with Gasteiger partial charge in [0.2, 0.25) is 0 Å². The lowest BCUT2D eigenvalue weighted by molar-refractivity contribution is 0.426. The number of pyridine rings is 1. The first-order chi connectivity index (χ1) is 10.9. The number of hydrogen-bond acceptors (Lipinski definition) is 6. The van der Waals surface area contributed by atoms with Crippen LogP contribution >= 0.6 is 23.1 Å². The highest BCUT2D eigenvalue weighted by atomic mass is 32.2. The SMILES string of the molecule is c1csc(-c2nc(CSc3ccc4ccccc4n3)no2)c1. The van der Waals surface area contributed by atoms with E-state index in [-0.39, 0.29) is 0 Å². The highest BCUT2D eigenvalue weighted by Gasteiger charge is 2.10. The summed E-state index contributed by atoms with van der Waals surface area (Å²) in [6.45, 7) is 0. The van der Waals surface area contributed by atoms with E-state index in [0.29, 0.717) is 17.5 Å². The first-order valence-corrected chi connectivity index (χ1v) is 8.60. The van der Waals surface area contributed by atoms with E-state index < -0.39 is 0 Å². The Morgan fingerprint density at radius 1 is 1.00 bits per heavy atom. The highest BCUT2D eigenvalue weighted by Crippen LogP contribution is 2.26. The number of aromatic nitrogens is 3. The van der Waals surface area contributed by atoms with Crippen LogP contribution in [0.15, 0.2) is 63.5 Å². The average molecular weight is 325 g/mol. The summed E-state index contributed by atoms with van der Waals surface area (Å²) in [7, 11) is 0. The van der Waals surface area contributed by atoms with Crippen molar-refractivity contribution in [2.75, 3.05) is 0 Å². The van der Waals surface area contributed by atoms with E-state index in [1.165, 1.54) is 0 Å². The van der Waals surface area contributed by atoms with Crippen LogP contribution in [0.4, 0.5) is 0 Å². The first-order valence-electron chi connectivity index (χ1n) is 6.73. The van der Waals surface area contributed by atoms with Crippen LogP contribution in [0.1, 0.15) is 5.82 Å². The maximum absolute atomic E-state index is 5.28. The van der Waals surface area contributed by atoms with Crippen molar-refractivity contribution in [2.45, 2.75) is 10.8 Å². The molecule has 4 rings (SSSR count). The van der Waals surface area contributed by atoms with Crippen LogP contribution in [0.25, 0.3) is 21.7 Å². The van der Waals surface area contributed by atoms with Gasteiger partial charge in [-0.25, -0.2) is 4.98 Å². The van der Waals surface area contributed by atoms with Gasteiger partial charge in [0.05, 0.1) is 21.2 Å². The summed E-state index contributed by atoms with van der Waals surface area (Å²) >= 11 is 3.20. The fourth-order valence-electron chi connectivity index (χ4n) is 2.08. The van der Waals surface area contributed by atoms with Gasteiger partial charge >= 0.3 is 0 Å². The van der Waals surface area contributed by atoms with Gasteiger partial charge in [-0.2, -0.15) is 4.98 Å². The Kier molecular flexibility index (Phi) is 3.62. The Morgan fingerprint density at radius 3 is 2.86 bits per heavy atom. The molecular weight excluding hydrogens is 314 g/mol. The molecule has 0 N–H and O–H groups in total. The lowest BCUT2D eigenvalue weighted by Gasteiger charge is -2.00. The molecule has 3 aromatic heterocycles. The van der Waals surface area contributed by atoms with Gasteiger partial charge in [-0.05, 0) is 23.6 Å². The van der Waals surface area contributed by atoms with Crippen molar-refractivity contribution in [1.82, 2.24) is 15.1 Å². The second-order valence-electron chi connectivity index (χ2n) is 4.62. The Morgan fingerprint density at radius 2 is 1.95 bits per heavy atom. The predicted octanol–water partition coefficient (Wildman–Crippen LogP) is 4.64. The third-order valence-electron chi connectivity index (χ3n) is 3.12. The number of nitrogens with zero attached hydrogens (tertiary/aromatic N) is 3. The van der Waals surface area contributed by atoms with E-state index in [9.17, 15) is 0 Å². The monoisotopic (exact) mass is 325 g/mol. The molecule has 3 heterocycles. The number of rotatable bonds is 4. The molecule has 0 atom stereocenters. The molecule has 0 saturated carbocycles. The van der Waals surface area contributed by atoms with Crippen molar-refractivity contribution >= 4 is 34.0 Å². The van der Waals surface area contributed by atoms with Crippen molar-refractivity contribution < 1.29 is 4.52 Å². The molecular formula is C16H11N3OS2. The van der Waals surface area contributed by atoms with Gasteiger partial charge in [-0.1, -0.05) is 47.3 Å². The smallest absolute Gasteiger partial charge is 0.268 e. The molecule has 108 valence electrons. The minimum Gasteiger partial charge on any atom is -0.333 e.